The van der Waals surface area contributed by atoms with Crippen LogP contribution in [-0.2, 0) is 4.74 Å². The highest BCUT2D eigenvalue weighted by Gasteiger charge is 2.74. The Hall–Kier alpha value is -0.0400. The minimum atomic E-state index is 0.334. The van der Waals surface area contributed by atoms with Gasteiger partial charge in [0.2, 0.25) is 0 Å². The van der Waals surface area contributed by atoms with Crippen molar-refractivity contribution in [3.8, 4) is 0 Å². The van der Waals surface area contributed by atoms with Crippen molar-refractivity contribution in [2.45, 2.75) is 117 Å². The fraction of sp³-hybridized carbons (Fsp3) is 1.00. The van der Waals surface area contributed by atoms with Crippen LogP contribution >= 0.6 is 0 Å². The highest BCUT2D eigenvalue weighted by atomic mass is 16.6. The molecule has 1 heterocycles. The molecule has 150 valence electrons. The normalized spacial score (nSPS) is 50.7. The molecule has 9 unspecified atom stereocenters. The smallest absolute Gasteiger partial charge is 0.101 e. The summed E-state index contributed by atoms with van der Waals surface area (Å²) in [5.41, 5.74) is 0.914. The van der Waals surface area contributed by atoms with Crippen molar-refractivity contribution in [2.24, 2.45) is 40.9 Å². The average Bonchev–Trinajstić information content (AvgIpc) is 3.22. The number of hydrogen-bond donors (Lipinski definition) is 0. The fourth-order valence-electron chi connectivity index (χ4n) is 8.66. The molecule has 0 radical (unpaired) electrons. The summed E-state index contributed by atoms with van der Waals surface area (Å²) in [6.07, 6.45) is 16.3. The standard InChI is InChI=1S/C25H44O/c1-6-9-10-17(4)20-13-14-21-19-12-11-18(8-3)24(5,15-7-2)22(19)16-23-25(20,21)26-23/h17-23H,6-16H2,1-5H3. The van der Waals surface area contributed by atoms with E-state index >= 15 is 0 Å². The Labute approximate surface area is 163 Å². The molecule has 1 saturated heterocycles. The van der Waals surface area contributed by atoms with Crippen LogP contribution in [0.3, 0.4) is 0 Å². The lowest BCUT2D eigenvalue weighted by Crippen LogP contribution is -2.52. The molecule has 0 bridgehead atoms. The molecule has 0 aromatic carbocycles. The summed E-state index contributed by atoms with van der Waals surface area (Å²) in [6, 6.07) is 0. The Balaban J connectivity index is 1.56. The van der Waals surface area contributed by atoms with E-state index in [2.05, 4.69) is 34.6 Å². The molecule has 0 aromatic heterocycles. The molecule has 0 amide bonds. The first kappa shape index (κ1) is 19.3. The predicted molar refractivity (Wildman–Crippen MR) is 110 cm³/mol. The summed E-state index contributed by atoms with van der Waals surface area (Å²) in [5.74, 6) is 5.50. The van der Waals surface area contributed by atoms with Crippen molar-refractivity contribution < 1.29 is 4.74 Å². The van der Waals surface area contributed by atoms with E-state index in [9.17, 15) is 0 Å². The third-order valence-electron chi connectivity index (χ3n) is 9.85. The lowest BCUT2D eigenvalue weighted by Gasteiger charge is -2.55. The number of ether oxygens (including phenoxy) is 1. The summed E-state index contributed by atoms with van der Waals surface area (Å²) < 4.78 is 6.74. The predicted octanol–water partition coefficient (Wildman–Crippen LogP) is 7.24. The molecule has 0 aromatic rings. The number of fused-ring (bicyclic) bond motifs is 2. The van der Waals surface area contributed by atoms with E-state index in [1.807, 2.05) is 0 Å². The van der Waals surface area contributed by atoms with Crippen molar-refractivity contribution >= 4 is 0 Å². The fourth-order valence-corrected chi connectivity index (χ4v) is 8.66. The summed E-state index contributed by atoms with van der Waals surface area (Å²) in [5, 5.41) is 0. The SMILES string of the molecule is CCCCC(C)C1CCC2C3CCC(CC)C(C)(CCC)C3CC3OC312. The van der Waals surface area contributed by atoms with Crippen molar-refractivity contribution in [1.29, 1.82) is 0 Å². The zero-order chi connectivity index (χ0) is 18.5. The Morgan fingerprint density at radius 3 is 2.50 bits per heavy atom. The monoisotopic (exact) mass is 360 g/mol. The molecule has 26 heavy (non-hydrogen) atoms. The van der Waals surface area contributed by atoms with Gasteiger partial charge < -0.3 is 4.74 Å². The lowest BCUT2D eigenvalue weighted by molar-refractivity contribution is -0.0608. The van der Waals surface area contributed by atoms with E-state index in [0.717, 1.165) is 35.5 Å². The van der Waals surface area contributed by atoms with E-state index in [1.54, 1.807) is 0 Å². The number of rotatable bonds is 7. The van der Waals surface area contributed by atoms with Gasteiger partial charge in [0.1, 0.15) is 5.60 Å². The van der Waals surface area contributed by atoms with Gasteiger partial charge in [0.15, 0.2) is 0 Å². The van der Waals surface area contributed by atoms with E-state index in [4.69, 9.17) is 4.74 Å². The van der Waals surface area contributed by atoms with Crippen LogP contribution in [0.4, 0.5) is 0 Å². The minimum Gasteiger partial charge on any atom is -0.365 e. The first-order valence-corrected chi connectivity index (χ1v) is 12.2. The molecule has 1 nitrogen and oxygen atoms in total. The lowest BCUT2D eigenvalue weighted by atomic mass is 9.48. The van der Waals surface area contributed by atoms with Gasteiger partial charge in [0, 0.05) is 0 Å². The van der Waals surface area contributed by atoms with Crippen LogP contribution in [0.25, 0.3) is 0 Å². The summed E-state index contributed by atoms with van der Waals surface area (Å²) in [4.78, 5) is 0. The van der Waals surface area contributed by atoms with Gasteiger partial charge in [0.05, 0.1) is 6.10 Å². The van der Waals surface area contributed by atoms with Crippen LogP contribution in [0.15, 0.2) is 0 Å². The second-order valence-electron chi connectivity index (χ2n) is 10.8. The largest absolute Gasteiger partial charge is 0.365 e. The Morgan fingerprint density at radius 2 is 1.81 bits per heavy atom. The molecule has 3 saturated carbocycles. The van der Waals surface area contributed by atoms with Crippen molar-refractivity contribution in [3.05, 3.63) is 0 Å². The first-order valence-electron chi connectivity index (χ1n) is 12.2. The van der Waals surface area contributed by atoms with Crippen molar-refractivity contribution in [2.75, 3.05) is 0 Å². The van der Waals surface area contributed by atoms with Crippen LogP contribution in [0, 0.1) is 40.9 Å². The Kier molecular flexibility index (Phi) is 5.26. The molecular weight excluding hydrogens is 316 g/mol. The highest BCUT2D eigenvalue weighted by molar-refractivity contribution is 5.22. The minimum absolute atomic E-state index is 0.334. The molecule has 1 heteroatoms. The molecule has 3 aliphatic carbocycles. The topological polar surface area (TPSA) is 12.5 Å². The second kappa shape index (κ2) is 7.09. The summed E-state index contributed by atoms with van der Waals surface area (Å²) in [7, 11) is 0. The number of hydrogen-bond acceptors (Lipinski definition) is 1. The Bertz CT molecular complexity index is 500. The van der Waals surface area contributed by atoms with Gasteiger partial charge in [-0.1, -0.05) is 66.7 Å². The highest BCUT2D eigenvalue weighted by Crippen LogP contribution is 2.71. The molecule has 4 fully saturated rings. The summed E-state index contributed by atoms with van der Waals surface area (Å²) >= 11 is 0. The molecule has 1 aliphatic heterocycles. The molecular formula is C25H44O. The maximum atomic E-state index is 6.74. The zero-order valence-electron chi connectivity index (χ0n) is 18.2. The van der Waals surface area contributed by atoms with Gasteiger partial charge in [-0.05, 0) is 79.4 Å². The third-order valence-corrected chi connectivity index (χ3v) is 9.85. The van der Waals surface area contributed by atoms with Crippen LogP contribution in [-0.4, -0.2) is 11.7 Å². The number of unbranched alkanes of at least 4 members (excludes halogenated alkanes) is 1. The van der Waals surface area contributed by atoms with E-state index in [-0.39, 0.29) is 0 Å². The maximum absolute atomic E-state index is 6.74. The summed E-state index contributed by atoms with van der Waals surface area (Å²) in [6.45, 7) is 12.4. The first-order chi connectivity index (χ1) is 12.5. The van der Waals surface area contributed by atoms with Gasteiger partial charge in [0.25, 0.3) is 0 Å². The molecule has 0 N–H and O–H groups in total. The van der Waals surface area contributed by atoms with Crippen molar-refractivity contribution in [1.82, 2.24) is 0 Å². The molecule has 1 spiro atoms. The zero-order valence-corrected chi connectivity index (χ0v) is 18.2. The van der Waals surface area contributed by atoms with Crippen LogP contribution in [0.1, 0.15) is 105 Å². The molecule has 9 atom stereocenters. The van der Waals surface area contributed by atoms with Crippen molar-refractivity contribution in [3.63, 3.8) is 0 Å². The van der Waals surface area contributed by atoms with E-state index in [1.165, 1.54) is 70.6 Å². The van der Waals surface area contributed by atoms with E-state index < -0.39 is 0 Å². The van der Waals surface area contributed by atoms with Gasteiger partial charge >= 0.3 is 0 Å². The van der Waals surface area contributed by atoms with Gasteiger partial charge in [-0.2, -0.15) is 0 Å². The van der Waals surface area contributed by atoms with Gasteiger partial charge in [-0.15, -0.1) is 0 Å². The second-order valence-corrected chi connectivity index (χ2v) is 10.8. The van der Waals surface area contributed by atoms with Gasteiger partial charge in [-0.3, -0.25) is 0 Å². The maximum Gasteiger partial charge on any atom is 0.101 e. The van der Waals surface area contributed by atoms with Crippen LogP contribution in [0.5, 0.6) is 0 Å². The van der Waals surface area contributed by atoms with Gasteiger partial charge in [-0.25, -0.2) is 0 Å². The third kappa shape index (κ3) is 2.66. The average molecular weight is 361 g/mol. The molecule has 4 aliphatic rings. The van der Waals surface area contributed by atoms with E-state index in [0.29, 0.717) is 17.1 Å². The Morgan fingerprint density at radius 1 is 1.00 bits per heavy atom. The van der Waals surface area contributed by atoms with Crippen LogP contribution in [0.2, 0.25) is 0 Å². The number of epoxide rings is 1. The quantitative estimate of drug-likeness (QED) is 0.436. The molecule has 4 rings (SSSR count). The van der Waals surface area contributed by atoms with Crippen LogP contribution < -0.4 is 0 Å².